The minimum absolute atomic E-state index is 0.0361. The zero-order valence-electron chi connectivity index (χ0n) is 21.1. The highest BCUT2D eigenvalue weighted by atomic mass is 16.6. The number of amides is 2. The van der Waals surface area contributed by atoms with Crippen LogP contribution in [0.1, 0.15) is 56.6 Å². The molecule has 0 saturated heterocycles. The summed E-state index contributed by atoms with van der Waals surface area (Å²) in [7, 11) is 0. The zero-order chi connectivity index (χ0) is 25.0. The molecule has 1 heterocycles. The van der Waals surface area contributed by atoms with E-state index in [0.29, 0.717) is 24.8 Å². The van der Waals surface area contributed by atoms with Crippen molar-refractivity contribution in [1.82, 2.24) is 15.6 Å². The van der Waals surface area contributed by atoms with E-state index >= 15 is 0 Å². The fourth-order valence-electron chi connectivity index (χ4n) is 6.19. The third-order valence-corrected chi connectivity index (χ3v) is 8.11. The lowest BCUT2D eigenvalue weighted by molar-refractivity contribution is -0.127. The molecule has 1 atom stereocenters. The summed E-state index contributed by atoms with van der Waals surface area (Å²) in [5, 5.41) is 7.11. The number of hydrogen-bond acceptors (Lipinski definition) is 3. The van der Waals surface area contributed by atoms with E-state index < -0.39 is 11.6 Å². The number of H-pyrrole nitrogens is 1. The Hall–Kier alpha value is -3.28. The van der Waals surface area contributed by atoms with Crippen LogP contribution < -0.4 is 10.6 Å². The molecule has 0 unspecified atom stereocenters. The average molecular weight is 488 g/mol. The van der Waals surface area contributed by atoms with Gasteiger partial charge in [0, 0.05) is 30.1 Å². The second-order valence-corrected chi connectivity index (χ2v) is 10.7. The van der Waals surface area contributed by atoms with Gasteiger partial charge in [0.05, 0.1) is 0 Å². The number of rotatable bonds is 8. The second-order valence-electron chi connectivity index (χ2n) is 10.7. The highest BCUT2D eigenvalue weighted by molar-refractivity contribution is 5.91. The maximum Gasteiger partial charge on any atom is 0.408 e. The van der Waals surface area contributed by atoms with Crippen LogP contribution in [-0.4, -0.2) is 35.2 Å². The highest BCUT2D eigenvalue weighted by Gasteiger charge is 2.41. The predicted molar refractivity (Wildman–Crippen MR) is 142 cm³/mol. The first-order chi connectivity index (χ1) is 17.5. The molecule has 0 radical (unpaired) electrons. The van der Waals surface area contributed by atoms with Crippen LogP contribution in [0.15, 0.2) is 60.8 Å². The van der Waals surface area contributed by atoms with Crippen molar-refractivity contribution >= 4 is 22.9 Å². The largest absolute Gasteiger partial charge is 0.446 e. The van der Waals surface area contributed by atoms with Gasteiger partial charge in [0.2, 0.25) is 5.91 Å². The van der Waals surface area contributed by atoms with Gasteiger partial charge in [0.25, 0.3) is 0 Å². The lowest BCUT2D eigenvalue weighted by Gasteiger charge is -2.42. The number of alkyl carbamates (subject to hydrolysis) is 1. The van der Waals surface area contributed by atoms with Crippen molar-refractivity contribution in [3.63, 3.8) is 0 Å². The molecule has 1 aromatic heterocycles. The average Bonchev–Trinajstić information content (AvgIpc) is 3.27. The number of benzene rings is 2. The number of carbonyl (C=O) groups excluding carboxylic acids is 2. The Bertz CT molecular complexity index is 1170. The van der Waals surface area contributed by atoms with Gasteiger partial charge >= 0.3 is 6.09 Å². The molecule has 3 N–H and O–H groups in total. The zero-order valence-corrected chi connectivity index (χ0v) is 21.1. The highest BCUT2D eigenvalue weighted by Crippen LogP contribution is 2.41. The summed E-state index contributed by atoms with van der Waals surface area (Å²) in [4.78, 5) is 30.1. The molecule has 5 rings (SSSR count). The number of ether oxygens (including phenoxy) is 1. The lowest BCUT2D eigenvalue weighted by Crippen LogP contribution is -2.59. The van der Waals surface area contributed by atoms with E-state index in [9.17, 15) is 9.59 Å². The van der Waals surface area contributed by atoms with Gasteiger partial charge in [-0.15, -0.1) is 0 Å². The smallest absolute Gasteiger partial charge is 0.408 e. The molecule has 2 aromatic carbocycles. The van der Waals surface area contributed by atoms with Crippen LogP contribution >= 0.6 is 0 Å². The number of aromatic amines is 1. The summed E-state index contributed by atoms with van der Waals surface area (Å²) >= 11 is 0. The molecule has 0 spiro atoms. The van der Waals surface area contributed by atoms with Crippen molar-refractivity contribution < 1.29 is 14.3 Å². The molecule has 2 bridgehead atoms. The van der Waals surface area contributed by atoms with E-state index in [0.717, 1.165) is 54.1 Å². The van der Waals surface area contributed by atoms with Crippen molar-refractivity contribution in [3.05, 3.63) is 71.9 Å². The molecule has 2 saturated carbocycles. The lowest BCUT2D eigenvalue weighted by atomic mass is 9.70. The molecule has 190 valence electrons. The van der Waals surface area contributed by atoms with Gasteiger partial charge in [-0.05, 0) is 68.1 Å². The van der Waals surface area contributed by atoms with Crippen LogP contribution in [0.4, 0.5) is 4.79 Å². The van der Waals surface area contributed by atoms with E-state index in [1.54, 1.807) is 6.92 Å². The molecular formula is C30H37N3O3. The first-order valence-electron chi connectivity index (χ1n) is 13.4. The quantitative estimate of drug-likeness (QED) is 0.391. The maximum absolute atomic E-state index is 13.5. The van der Waals surface area contributed by atoms with Crippen molar-refractivity contribution in [2.75, 3.05) is 6.54 Å². The fraction of sp³-hybridized carbons (Fsp3) is 0.467. The van der Waals surface area contributed by atoms with Gasteiger partial charge in [-0.3, -0.25) is 4.79 Å². The van der Waals surface area contributed by atoms with Crippen LogP contribution in [0.5, 0.6) is 0 Å². The minimum atomic E-state index is -1.15. The monoisotopic (exact) mass is 487 g/mol. The molecule has 2 aliphatic carbocycles. The Morgan fingerprint density at radius 3 is 2.36 bits per heavy atom. The number of fused-ring (bicyclic) bond motifs is 3. The van der Waals surface area contributed by atoms with Crippen LogP contribution in [0, 0.1) is 11.8 Å². The summed E-state index contributed by atoms with van der Waals surface area (Å²) in [6.07, 6.45) is 9.44. The van der Waals surface area contributed by atoms with E-state index in [4.69, 9.17) is 4.74 Å². The number of nitrogens with one attached hydrogen (secondary N) is 3. The van der Waals surface area contributed by atoms with Crippen LogP contribution in [0.2, 0.25) is 0 Å². The Labute approximate surface area is 213 Å². The maximum atomic E-state index is 13.5. The SMILES string of the molecule is C[C@@](Cc1c[nH]c2ccccc12)(NC(=O)OC1C2CCCC1CCC2)C(=O)NCCc1ccccc1. The van der Waals surface area contributed by atoms with Crippen molar-refractivity contribution in [1.29, 1.82) is 0 Å². The number of aromatic nitrogens is 1. The summed E-state index contributed by atoms with van der Waals surface area (Å²) in [6, 6.07) is 18.1. The third kappa shape index (κ3) is 5.43. The van der Waals surface area contributed by atoms with Gasteiger partial charge < -0.3 is 20.4 Å². The molecule has 2 aliphatic rings. The number of carbonyl (C=O) groups is 2. The molecular weight excluding hydrogens is 450 g/mol. The molecule has 6 nitrogen and oxygen atoms in total. The Morgan fingerprint density at radius 2 is 1.64 bits per heavy atom. The number of para-hydroxylation sites is 1. The standard InChI is InChI=1S/C30H37N3O3/c1-30(19-24-20-32-26-16-6-5-15-25(24)26,28(34)31-18-17-21-9-3-2-4-10-21)33-29(35)36-27-22-11-7-12-23(27)14-8-13-22/h2-6,9-10,15-16,20,22-23,27,32H,7-8,11-14,17-19H2,1H3,(H,31,34)(H,33,35)/t22?,23?,27?,30-/m0/s1. The fourth-order valence-corrected chi connectivity index (χ4v) is 6.19. The van der Waals surface area contributed by atoms with Crippen LogP contribution in [0.25, 0.3) is 10.9 Å². The van der Waals surface area contributed by atoms with Crippen molar-refractivity contribution in [2.45, 2.75) is 69.9 Å². The minimum Gasteiger partial charge on any atom is -0.446 e. The molecule has 2 fully saturated rings. The predicted octanol–water partition coefficient (Wildman–Crippen LogP) is 5.52. The van der Waals surface area contributed by atoms with Crippen LogP contribution in [-0.2, 0) is 22.4 Å². The van der Waals surface area contributed by atoms with E-state index in [1.165, 1.54) is 12.8 Å². The van der Waals surface area contributed by atoms with E-state index in [1.807, 2.05) is 60.8 Å². The van der Waals surface area contributed by atoms with E-state index in [-0.39, 0.29) is 12.0 Å². The first-order valence-corrected chi connectivity index (χ1v) is 13.4. The van der Waals surface area contributed by atoms with Crippen LogP contribution in [0.3, 0.4) is 0 Å². The van der Waals surface area contributed by atoms with Gasteiger partial charge in [0.15, 0.2) is 0 Å². The first kappa shape index (κ1) is 24.4. The third-order valence-electron chi connectivity index (χ3n) is 8.11. The number of hydrogen-bond donors (Lipinski definition) is 3. The molecule has 3 aromatic rings. The van der Waals surface area contributed by atoms with Gasteiger partial charge in [-0.1, -0.05) is 61.4 Å². The van der Waals surface area contributed by atoms with Gasteiger partial charge in [0.1, 0.15) is 11.6 Å². The Kier molecular flexibility index (Phi) is 7.30. The topological polar surface area (TPSA) is 83.2 Å². The summed E-state index contributed by atoms with van der Waals surface area (Å²) in [5.41, 5.74) is 2.01. The molecule has 36 heavy (non-hydrogen) atoms. The van der Waals surface area contributed by atoms with Gasteiger partial charge in [-0.2, -0.15) is 0 Å². The molecule has 6 heteroatoms. The Morgan fingerprint density at radius 1 is 0.972 bits per heavy atom. The van der Waals surface area contributed by atoms with Crippen molar-refractivity contribution in [3.8, 4) is 0 Å². The second kappa shape index (κ2) is 10.8. The molecule has 0 aliphatic heterocycles. The summed E-state index contributed by atoms with van der Waals surface area (Å²) < 4.78 is 6.05. The normalized spacial score (nSPS) is 23.0. The summed E-state index contributed by atoms with van der Waals surface area (Å²) in [6.45, 7) is 2.30. The van der Waals surface area contributed by atoms with Gasteiger partial charge in [-0.25, -0.2) is 4.79 Å². The molecule has 2 amide bonds. The Balaban J connectivity index is 1.31. The summed E-state index contributed by atoms with van der Waals surface area (Å²) in [5.74, 6) is 0.690. The van der Waals surface area contributed by atoms with Crippen molar-refractivity contribution in [2.24, 2.45) is 11.8 Å². The van der Waals surface area contributed by atoms with E-state index in [2.05, 4.69) is 15.6 Å².